The van der Waals surface area contributed by atoms with Gasteiger partial charge in [-0.05, 0) is 122 Å². The first-order chi connectivity index (χ1) is 38.0. The van der Waals surface area contributed by atoms with Crippen LogP contribution in [0.1, 0.15) is 278 Å². The van der Waals surface area contributed by atoms with E-state index in [9.17, 15) is 14.4 Å². The molecule has 1 atom stereocenters. The third-order valence-electron chi connectivity index (χ3n) is 13.1. The summed E-state index contributed by atoms with van der Waals surface area (Å²) < 4.78 is 16.8. The molecule has 0 saturated heterocycles. The Morgan fingerprint density at radius 3 is 0.818 bits per heavy atom. The second-order valence-corrected chi connectivity index (χ2v) is 20.6. The highest BCUT2D eigenvalue weighted by Gasteiger charge is 2.19. The maximum absolute atomic E-state index is 12.8. The van der Waals surface area contributed by atoms with E-state index in [1.54, 1.807) is 0 Å². The Morgan fingerprint density at radius 2 is 0.506 bits per heavy atom. The number of rotatable bonds is 56. The van der Waals surface area contributed by atoms with E-state index in [1.165, 1.54) is 89.9 Å². The van der Waals surface area contributed by atoms with Gasteiger partial charge in [-0.1, -0.05) is 270 Å². The zero-order valence-corrected chi connectivity index (χ0v) is 49.9. The topological polar surface area (TPSA) is 78.9 Å². The largest absolute Gasteiger partial charge is 0.462 e. The maximum Gasteiger partial charge on any atom is 0.306 e. The summed E-state index contributed by atoms with van der Waals surface area (Å²) in [7, 11) is 0. The monoisotopic (exact) mass is 1060 g/mol. The van der Waals surface area contributed by atoms with E-state index in [-0.39, 0.29) is 31.1 Å². The van der Waals surface area contributed by atoms with Crippen LogP contribution >= 0.6 is 0 Å². The van der Waals surface area contributed by atoms with Crippen LogP contribution in [0.3, 0.4) is 0 Å². The van der Waals surface area contributed by atoms with Crippen molar-refractivity contribution >= 4 is 17.9 Å². The van der Waals surface area contributed by atoms with E-state index in [2.05, 4.69) is 154 Å². The van der Waals surface area contributed by atoms with E-state index in [4.69, 9.17) is 14.2 Å². The summed E-state index contributed by atoms with van der Waals surface area (Å²) in [5.41, 5.74) is 0. The Balaban J connectivity index is 4.20. The molecule has 6 heteroatoms. The molecule has 0 aromatic heterocycles. The molecule has 0 aromatic carbocycles. The summed E-state index contributed by atoms with van der Waals surface area (Å²) in [6.07, 6.45) is 90.4. The molecule has 0 fully saturated rings. The molecule has 0 spiro atoms. The Morgan fingerprint density at radius 1 is 0.273 bits per heavy atom. The van der Waals surface area contributed by atoms with E-state index in [1.807, 2.05) is 0 Å². The number of carbonyl (C=O) groups is 3. The molecule has 6 nitrogen and oxygen atoms in total. The van der Waals surface area contributed by atoms with Crippen LogP contribution in [-0.2, 0) is 28.6 Å². The third kappa shape index (κ3) is 62.3. The molecule has 0 radical (unpaired) electrons. The van der Waals surface area contributed by atoms with Gasteiger partial charge in [-0.25, -0.2) is 0 Å². The summed E-state index contributed by atoms with van der Waals surface area (Å²) in [5.74, 6) is -0.916. The van der Waals surface area contributed by atoms with Gasteiger partial charge in [-0.2, -0.15) is 0 Å². The number of hydrogen-bond acceptors (Lipinski definition) is 6. The number of ether oxygens (including phenoxy) is 3. The van der Waals surface area contributed by atoms with Gasteiger partial charge in [0.1, 0.15) is 13.2 Å². The molecule has 0 rings (SSSR count). The summed E-state index contributed by atoms with van der Waals surface area (Å²) in [6, 6.07) is 0. The van der Waals surface area contributed by atoms with Gasteiger partial charge in [-0.3, -0.25) is 14.4 Å². The van der Waals surface area contributed by atoms with Crippen molar-refractivity contribution in [3.63, 3.8) is 0 Å². The van der Waals surface area contributed by atoms with Gasteiger partial charge in [0.15, 0.2) is 6.10 Å². The number of esters is 3. The van der Waals surface area contributed by atoms with Crippen molar-refractivity contribution in [2.24, 2.45) is 0 Å². The average Bonchev–Trinajstić information content (AvgIpc) is 3.43. The lowest BCUT2D eigenvalue weighted by atomic mass is 10.1. The molecule has 0 saturated carbocycles. The van der Waals surface area contributed by atoms with Gasteiger partial charge in [0.25, 0.3) is 0 Å². The van der Waals surface area contributed by atoms with Crippen LogP contribution in [0.5, 0.6) is 0 Å². The zero-order valence-electron chi connectivity index (χ0n) is 49.9. The minimum atomic E-state index is -0.791. The Labute approximate surface area is 475 Å². The van der Waals surface area contributed by atoms with E-state index in [0.717, 1.165) is 148 Å². The summed E-state index contributed by atoms with van der Waals surface area (Å²) in [6.45, 7) is 6.46. The third-order valence-corrected chi connectivity index (χ3v) is 13.1. The fraction of sp³-hybridized carbons (Fsp3) is 0.648. The first-order valence-corrected chi connectivity index (χ1v) is 31.7. The quantitative estimate of drug-likeness (QED) is 0.0261. The standard InChI is InChI=1S/C71H116O6/c1-4-7-10-13-16-19-21-23-25-26-27-28-29-30-31-32-33-34-35-36-37-38-39-40-41-42-43-44-46-47-49-52-55-58-61-64-70(73)76-67-68(66-75-69(72)63-60-57-54-51-18-15-12-9-6-3)77-71(74)65-62-59-56-53-50-48-45-24-22-20-17-14-11-8-5-2/h7,10,16-17,19-20,23-25,27-28,30-31,33-34,36-37,39-40,42-43,45,68H,4-6,8-9,11-15,18,21-22,26,29,32,35,38,41,44,46-67H2,1-3H3/b10-7-,19-16-,20-17-,25-23-,28-27-,31-30-,34-33-,37-36-,40-39-,43-42-,45-24-. The highest BCUT2D eigenvalue weighted by atomic mass is 16.6. The first-order valence-electron chi connectivity index (χ1n) is 31.7. The van der Waals surface area contributed by atoms with Crippen LogP contribution in [0.2, 0.25) is 0 Å². The highest BCUT2D eigenvalue weighted by molar-refractivity contribution is 5.71. The van der Waals surface area contributed by atoms with Crippen LogP contribution < -0.4 is 0 Å². The van der Waals surface area contributed by atoms with Crippen molar-refractivity contribution in [3.05, 3.63) is 134 Å². The van der Waals surface area contributed by atoms with E-state index >= 15 is 0 Å². The second-order valence-electron chi connectivity index (χ2n) is 20.6. The minimum absolute atomic E-state index is 0.0879. The molecular weight excluding hydrogens is 949 g/mol. The molecule has 0 aliphatic rings. The molecule has 0 aliphatic carbocycles. The van der Waals surface area contributed by atoms with Gasteiger partial charge >= 0.3 is 17.9 Å². The van der Waals surface area contributed by atoms with Gasteiger partial charge in [0.05, 0.1) is 0 Å². The van der Waals surface area contributed by atoms with Gasteiger partial charge in [0, 0.05) is 19.3 Å². The highest BCUT2D eigenvalue weighted by Crippen LogP contribution is 2.14. The summed E-state index contributed by atoms with van der Waals surface area (Å²) in [5, 5.41) is 0. The predicted octanol–water partition coefficient (Wildman–Crippen LogP) is 21.8. The van der Waals surface area contributed by atoms with Gasteiger partial charge < -0.3 is 14.2 Å². The molecule has 0 N–H and O–H groups in total. The predicted molar refractivity (Wildman–Crippen MR) is 334 cm³/mol. The van der Waals surface area contributed by atoms with Crippen molar-refractivity contribution in [3.8, 4) is 0 Å². The Hall–Kier alpha value is -4.45. The van der Waals surface area contributed by atoms with Crippen molar-refractivity contribution < 1.29 is 28.6 Å². The van der Waals surface area contributed by atoms with E-state index < -0.39 is 6.10 Å². The SMILES string of the molecule is CC/C=C\C/C=C\C/C=C\C/C=C\C/C=C\C/C=C\C/C=C\C/C=C\C/C=C\CCCCCCCCCC(=O)OCC(COC(=O)CCCCCCCCCCC)OC(=O)CCCCCCC/C=C\C/C=C\CCCCC. The Kier molecular flexibility index (Phi) is 60.4. The number of carbonyl (C=O) groups excluding carboxylic acids is 3. The zero-order chi connectivity index (χ0) is 55.7. The van der Waals surface area contributed by atoms with Crippen molar-refractivity contribution in [2.45, 2.75) is 284 Å². The van der Waals surface area contributed by atoms with Crippen LogP contribution in [0.25, 0.3) is 0 Å². The lowest BCUT2D eigenvalue weighted by molar-refractivity contribution is -0.167. The molecule has 77 heavy (non-hydrogen) atoms. The number of unbranched alkanes of at least 4 members (excludes halogenated alkanes) is 23. The molecule has 0 amide bonds. The van der Waals surface area contributed by atoms with Crippen LogP contribution in [-0.4, -0.2) is 37.2 Å². The van der Waals surface area contributed by atoms with E-state index in [0.29, 0.717) is 19.3 Å². The lowest BCUT2D eigenvalue weighted by Crippen LogP contribution is -2.30. The number of allylic oxidation sites excluding steroid dienone is 22. The molecule has 0 bridgehead atoms. The van der Waals surface area contributed by atoms with Gasteiger partial charge in [0.2, 0.25) is 0 Å². The maximum atomic E-state index is 12.8. The molecule has 1 unspecified atom stereocenters. The van der Waals surface area contributed by atoms with Crippen molar-refractivity contribution in [1.82, 2.24) is 0 Å². The number of hydrogen-bond donors (Lipinski definition) is 0. The minimum Gasteiger partial charge on any atom is -0.462 e. The summed E-state index contributed by atoms with van der Waals surface area (Å²) in [4.78, 5) is 38.1. The molecular formula is C71H116O6. The normalized spacial score (nSPS) is 13.0. The second kappa shape index (κ2) is 64.1. The average molecular weight is 1070 g/mol. The van der Waals surface area contributed by atoms with Crippen molar-refractivity contribution in [1.29, 1.82) is 0 Å². The fourth-order valence-electron chi connectivity index (χ4n) is 8.41. The smallest absolute Gasteiger partial charge is 0.306 e. The van der Waals surface area contributed by atoms with Gasteiger partial charge in [-0.15, -0.1) is 0 Å². The van der Waals surface area contributed by atoms with Crippen LogP contribution in [0.15, 0.2) is 134 Å². The molecule has 0 heterocycles. The summed E-state index contributed by atoms with van der Waals surface area (Å²) >= 11 is 0. The lowest BCUT2D eigenvalue weighted by Gasteiger charge is -2.18. The van der Waals surface area contributed by atoms with Crippen LogP contribution in [0.4, 0.5) is 0 Å². The molecule has 436 valence electrons. The first kappa shape index (κ1) is 72.5. The van der Waals surface area contributed by atoms with Crippen LogP contribution in [0, 0.1) is 0 Å². The molecule has 0 aromatic rings. The molecule has 0 aliphatic heterocycles. The van der Waals surface area contributed by atoms with Crippen molar-refractivity contribution in [2.75, 3.05) is 13.2 Å². The fourth-order valence-corrected chi connectivity index (χ4v) is 8.41. The Bertz CT molecular complexity index is 1650.